The number of hydrogen-bond donors (Lipinski definition) is 1. The molecule has 0 unspecified atom stereocenters. The third-order valence-corrected chi connectivity index (χ3v) is 3.38. The van der Waals surface area contributed by atoms with E-state index in [0.29, 0.717) is 0 Å². The molecule has 0 aliphatic rings. The van der Waals surface area contributed by atoms with Crippen molar-refractivity contribution < 1.29 is 0 Å². The molecule has 0 aliphatic heterocycles. The van der Waals surface area contributed by atoms with Crippen molar-refractivity contribution in [1.29, 1.82) is 0 Å². The third-order valence-electron chi connectivity index (χ3n) is 3.38. The van der Waals surface area contributed by atoms with Crippen LogP contribution < -0.4 is 0 Å². The SMILES string of the molecule is C=Cc1c[nH]c(CCCCCCCCCCC)n1. The van der Waals surface area contributed by atoms with E-state index in [1.54, 1.807) is 6.08 Å². The van der Waals surface area contributed by atoms with E-state index >= 15 is 0 Å². The Kier molecular flexibility index (Phi) is 8.28. The van der Waals surface area contributed by atoms with Gasteiger partial charge in [-0.3, -0.25) is 0 Å². The van der Waals surface area contributed by atoms with E-state index in [2.05, 4.69) is 23.5 Å². The lowest BCUT2D eigenvalue weighted by Crippen LogP contribution is -1.89. The molecule has 0 aliphatic carbocycles. The Balaban J connectivity index is 1.91. The van der Waals surface area contributed by atoms with Crippen LogP contribution in [0.1, 0.15) is 76.2 Å². The second-order valence-electron chi connectivity index (χ2n) is 5.05. The Labute approximate surface area is 112 Å². The van der Waals surface area contributed by atoms with Crippen LogP contribution in [-0.2, 0) is 6.42 Å². The summed E-state index contributed by atoms with van der Waals surface area (Å²) in [6.45, 7) is 5.98. The highest BCUT2D eigenvalue weighted by Gasteiger charge is 1.98. The molecule has 0 atom stereocenters. The molecule has 0 fully saturated rings. The lowest BCUT2D eigenvalue weighted by Gasteiger charge is -2.01. The maximum atomic E-state index is 4.42. The van der Waals surface area contributed by atoms with Gasteiger partial charge in [0.25, 0.3) is 0 Å². The Morgan fingerprint density at radius 1 is 1.06 bits per heavy atom. The summed E-state index contributed by atoms with van der Waals surface area (Å²) < 4.78 is 0. The first-order valence-corrected chi connectivity index (χ1v) is 7.53. The first-order valence-electron chi connectivity index (χ1n) is 7.53. The van der Waals surface area contributed by atoms with E-state index < -0.39 is 0 Å². The summed E-state index contributed by atoms with van der Waals surface area (Å²) in [6.07, 6.45) is 17.2. The fraction of sp³-hybridized carbons (Fsp3) is 0.688. The third kappa shape index (κ3) is 6.63. The molecule has 1 aromatic heterocycles. The van der Waals surface area contributed by atoms with Crippen LogP contribution >= 0.6 is 0 Å². The topological polar surface area (TPSA) is 28.7 Å². The Hall–Kier alpha value is -1.05. The molecular weight excluding hydrogens is 220 g/mol. The number of aromatic amines is 1. The maximum Gasteiger partial charge on any atom is 0.106 e. The van der Waals surface area contributed by atoms with Gasteiger partial charge in [-0.2, -0.15) is 0 Å². The average molecular weight is 248 g/mol. The van der Waals surface area contributed by atoms with E-state index in [1.165, 1.54) is 57.8 Å². The zero-order valence-electron chi connectivity index (χ0n) is 11.9. The molecule has 2 heteroatoms. The van der Waals surface area contributed by atoms with Gasteiger partial charge in [-0.1, -0.05) is 64.9 Å². The Morgan fingerprint density at radius 2 is 1.67 bits per heavy atom. The second-order valence-corrected chi connectivity index (χ2v) is 5.05. The highest BCUT2D eigenvalue weighted by molar-refractivity contribution is 5.39. The van der Waals surface area contributed by atoms with Crippen LogP contribution in [0.15, 0.2) is 12.8 Å². The van der Waals surface area contributed by atoms with Crippen molar-refractivity contribution in [3.05, 3.63) is 24.3 Å². The molecule has 1 N–H and O–H groups in total. The molecule has 18 heavy (non-hydrogen) atoms. The van der Waals surface area contributed by atoms with E-state index in [0.717, 1.165) is 17.9 Å². The molecule has 102 valence electrons. The van der Waals surface area contributed by atoms with E-state index in [-0.39, 0.29) is 0 Å². The van der Waals surface area contributed by atoms with Crippen molar-refractivity contribution in [3.8, 4) is 0 Å². The van der Waals surface area contributed by atoms with Crippen molar-refractivity contribution in [2.24, 2.45) is 0 Å². The Morgan fingerprint density at radius 3 is 2.22 bits per heavy atom. The molecule has 0 bridgehead atoms. The van der Waals surface area contributed by atoms with Crippen molar-refractivity contribution in [2.75, 3.05) is 0 Å². The van der Waals surface area contributed by atoms with Crippen LogP contribution in [0.3, 0.4) is 0 Å². The molecule has 0 aromatic carbocycles. The predicted octanol–water partition coefficient (Wildman–Crippen LogP) is 5.13. The largest absolute Gasteiger partial charge is 0.348 e. The van der Waals surface area contributed by atoms with Crippen LogP contribution in [0, 0.1) is 0 Å². The zero-order chi connectivity index (χ0) is 13.1. The normalized spacial score (nSPS) is 10.7. The van der Waals surface area contributed by atoms with Crippen LogP contribution in [0.25, 0.3) is 6.08 Å². The predicted molar refractivity (Wildman–Crippen MR) is 79.6 cm³/mol. The molecule has 0 spiro atoms. The van der Waals surface area contributed by atoms with Gasteiger partial charge in [-0.05, 0) is 12.5 Å². The highest BCUT2D eigenvalue weighted by atomic mass is 14.9. The van der Waals surface area contributed by atoms with Gasteiger partial charge in [-0.25, -0.2) is 4.98 Å². The smallest absolute Gasteiger partial charge is 0.106 e. The van der Waals surface area contributed by atoms with Gasteiger partial charge in [0.1, 0.15) is 5.82 Å². The van der Waals surface area contributed by atoms with Gasteiger partial charge in [-0.15, -0.1) is 0 Å². The molecule has 0 amide bonds. The molecule has 0 radical (unpaired) electrons. The van der Waals surface area contributed by atoms with Crippen molar-refractivity contribution in [1.82, 2.24) is 9.97 Å². The van der Waals surface area contributed by atoms with Gasteiger partial charge < -0.3 is 4.98 Å². The molecule has 0 saturated carbocycles. The second kappa shape index (κ2) is 9.93. The van der Waals surface area contributed by atoms with Gasteiger partial charge in [0.05, 0.1) is 5.69 Å². The van der Waals surface area contributed by atoms with Gasteiger partial charge in [0.2, 0.25) is 0 Å². The minimum Gasteiger partial charge on any atom is -0.348 e. The summed E-state index contributed by atoms with van der Waals surface area (Å²) in [7, 11) is 0. The minimum atomic E-state index is 0.959. The number of nitrogens with zero attached hydrogens (tertiary/aromatic N) is 1. The highest BCUT2D eigenvalue weighted by Crippen LogP contribution is 2.11. The number of rotatable bonds is 11. The summed E-state index contributed by atoms with van der Waals surface area (Å²) in [4.78, 5) is 7.62. The Bertz CT molecular complexity index is 315. The van der Waals surface area contributed by atoms with Crippen LogP contribution in [0.2, 0.25) is 0 Å². The number of unbranched alkanes of at least 4 members (excludes halogenated alkanes) is 8. The number of hydrogen-bond acceptors (Lipinski definition) is 1. The monoisotopic (exact) mass is 248 g/mol. The summed E-state index contributed by atoms with van der Waals surface area (Å²) in [6, 6.07) is 0. The molecule has 0 saturated heterocycles. The minimum absolute atomic E-state index is 0.959. The number of aromatic nitrogens is 2. The van der Waals surface area contributed by atoms with Crippen LogP contribution in [0.5, 0.6) is 0 Å². The lowest BCUT2D eigenvalue weighted by molar-refractivity contribution is 0.562. The van der Waals surface area contributed by atoms with Gasteiger partial charge >= 0.3 is 0 Å². The summed E-state index contributed by atoms with van der Waals surface area (Å²) >= 11 is 0. The van der Waals surface area contributed by atoms with Crippen LogP contribution in [0.4, 0.5) is 0 Å². The average Bonchev–Trinajstić information content (AvgIpc) is 2.85. The number of aryl methyl sites for hydroxylation is 1. The van der Waals surface area contributed by atoms with Crippen molar-refractivity contribution >= 4 is 6.08 Å². The van der Waals surface area contributed by atoms with E-state index in [9.17, 15) is 0 Å². The zero-order valence-corrected chi connectivity index (χ0v) is 11.9. The van der Waals surface area contributed by atoms with Crippen LogP contribution in [-0.4, -0.2) is 9.97 Å². The first-order chi connectivity index (χ1) is 8.86. The quantitative estimate of drug-likeness (QED) is 0.541. The fourth-order valence-corrected chi connectivity index (χ4v) is 2.21. The maximum absolute atomic E-state index is 4.42. The molecule has 2 nitrogen and oxygen atoms in total. The van der Waals surface area contributed by atoms with Crippen molar-refractivity contribution in [3.63, 3.8) is 0 Å². The molecule has 1 aromatic rings. The van der Waals surface area contributed by atoms with Crippen molar-refractivity contribution in [2.45, 2.75) is 71.1 Å². The first kappa shape index (κ1) is 15.0. The van der Waals surface area contributed by atoms with Gasteiger partial charge in [0.15, 0.2) is 0 Å². The van der Waals surface area contributed by atoms with Gasteiger partial charge in [0, 0.05) is 12.6 Å². The fourth-order valence-electron chi connectivity index (χ4n) is 2.21. The lowest BCUT2D eigenvalue weighted by atomic mass is 10.1. The summed E-state index contributed by atoms with van der Waals surface area (Å²) in [5, 5.41) is 0. The summed E-state index contributed by atoms with van der Waals surface area (Å²) in [5.74, 6) is 1.10. The standard InChI is InChI=1S/C16H28N2/c1-3-5-6-7-8-9-10-11-12-13-16-17-14-15(4-2)18-16/h4,14H,2-3,5-13H2,1H3,(H,17,18). The van der Waals surface area contributed by atoms with E-state index in [1.807, 2.05) is 6.20 Å². The molecular formula is C16H28N2. The summed E-state index contributed by atoms with van der Waals surface area (Å²) in [5.41, 5.74) is 0.959. The molecule has 1 heterocycles. The molecule has 1 rings (SSSR count). The number of H-pyrrole nitrogens is 1. The van der Waals surface area contributed by atoms with E-state index in [4.69, 9.17) is 0 Å². The number of nitrogens with one attached hydrogen (secondary N) is 1. The number of imidazole rings is 1.